The maximum Gasteiger partial charge on any atom is 0.240 e. The zero-order valence-electron chi connectivity index (χ0n) is 10.5. The SMILES string of the molecule is CC(N)C(=O)Nc1ccc(Nc2ncccn2)cc1. The number of carbonyl (C=O) groups is 1. The van der Waals surface area contributed by atoms with Crippen LogP contribution in [-0.4, -0.2) is 21.9 Å². The first-order valence-corrected chi connectivity index (χ1v) is 5.86. The van der Waals surface area contributed by atoms with Crippen molar-refractivity contribution in [2.45, 2.75) is 13.0 Å². The van der Waals surface area contributed by atoms with E-state index in [1.807, 2.05) is 12.1 Å². The fourth-order valence-electron chi connectivity index (χ4n) is 1.39. The molecular weight excluding hydrogens is 242 g/mol. The molecule has 1 amide bonds. The van der Waals surface area contributed by atoms with Crippen molar-refractivity contribution in [3.05, 3.63) is 42.7 Å². The third-order valence-electron chi connectivity index (χ3n) is 2.39. The number of hydrogen-bond acceptors (Lipinski definition) is 5. The first-order valence-electron chi connectivity index (χ1n) is 5.86. The van der Waals surface area contributed by atoms with E-state index >= 15 is 0 Å². The summed E-state index contributed by atoms with van der Waals surface area (Å²) in [5.74, 6) is 0.307. The Balaban J connectivity index is 2.01. The molecule has 0 fully saturated rings. The summed E-state index contributed by atoms with van der Waals surface area (Å²) in [7, 11) is 0. The number of amides is 1. The number of rotatable bonds is 4. The number of aromatic nitrogens is 2. The zero-order chi connectivity index (χ0) is 13.7. The van der Waals surface area contributed by atoms with Gasteiger partial charge in [0.2, 0.25) is 11.9 Å². The van der Waals surface area contributed by atoms with Crippen molar-refractivity contribution in [1.82, 2.24) is 9.97 Å². The molecule has 6 heteroatoms. The minimum Gasteiger partial charge on any atom is -0.325 e. The highest BCUT2D eigenvalue weighted by Gasteiger charge is 2.07. The number of carbonyl (C=O) groups excluding carboxylic acids is 1. The number of benzene rings is 1. The molecule has 0 aliphatic rings. The Morgan fingerprint density at radius 2 is 1.74 bits per heavy atom. The number of anilines is 3. The van der Waals surface area contributed by atoms with E-state index in [9.17, 15) is 4.79 Å². The summed E-state index contributed by atoms with van der Waals surface area (Å²) < 4.78 is 0. The molecule has 98 valence electrons. The van der Waals surface area contributed by atoms with E-state index in [0.717, 1.165) is 5.69 Å². The molecule has 0 aliphatic carbocycles. The molecule has 0 radical (unpaired) electrons. The highest BCUT2D eigenvalue weighted by atomic mass is 16.2. The molecule has 0 spiro atoms. The molecular formula is C13H15N5O. The van der Waals surface area contributed by atoms with Crippen LogP contribution in [0.25, 0.3) is 0 Å². The molecule has 2 aromatic rings. The summed E-state index contributed by atoms with van der Waals surface area (Å²) >= 11 is 0. The van der Waals surface area contributed by atoms with Gasteiger partial charge in [0.05, 0.1) is 6.04 Å². The molecule has 1 aromatic heterocycles. The summed E-state index contributed by atoms with van der Waals surface area (Å²) in [5, 5.41) is 5.76. The van der Waals surface area contributed by atoms with E-state index < -0.39 is 6.04 Å². The topological polar surface area (TPSA) is 92.9 Å². The van der Waals surface area contributed by atoms with Gasteiger partial charge >= 0.3 is 0 Å². The van der Waals surface area contributed by atoms with Gasteiger partial charge in [0.1, 0.15) is 0 Å². The number of nitrogens with zero attached hydrogens (tertiary/aromatic N) is 2. The Morgan fingerprint density at radius 1 is 1.16 bits per heavy atom. The van der Waals surface area contributed by atoms with Crippen LogP contribution in [0.1, 0.15) is 6.92 Å². The van der Waals surface area contributed by atoms with Crippen LogP contribution in [0.4, 0.5) is 17.3 Å². The Morgan fingerprint density at radius 3 is 2.32 bits per heavy atom. The first-order chi connectivity index (χ1) is 9.15. The molecule has 1 heterocycles. The smallest absolute Gasteiger partial charge is 0.240 e. The number of nitrogens with one attached hydrogen (secondary N) is 2. The van der Waals surface area contributed by atoms with Gasteiger partial charge in [0, 0.05) is 23.8 Å². The predicted molar refractivity (Wildman–Crippen MR) is 74.0 cm³/mol. The molecule has 6 nitrogen and oxygen atoms in total. The summed E-state index contributed by atoms with van der Waals surface area (Å²) in [6, 6.07) is 8.44. The van der Waals surface area contributed by atoms with E-state index in [-0.39, 0.29) is 5.91 Å². The van der Waals surface area contributed by atoms with Crippen LogP contribution in [-0.2, 0) is 4.79 Å². The van der Waals surface area contributed by atoms with Gasteiger partial charge in [0.25, 0.3) is 0 Å². The fraction of sp³-hybridized carbons (Fsp3) is 0.154. The summed E-state index contributed by atoms with van der Waals surface area (Å²) in [6.45, 7) is 1.64. The van der Waals surface area contributed by atoms with E-state index in [1.54, 1.807) is 37.5 Å². The lowest BCUT2D eigenvalue weighted by molar-refractivity contribution is -0.117. The summed E-state index contributed by atoms with van der Waals surface area (Å²) in [5.41, 5.74) is 7.01. The molecule has 1 aromatic carbocycles. The third-order valence-corrected chi connectivity index (χ3v) is 2.39. The van der Waals surface area contributed by atoms with Crippen LogP contribution in [0.15, 0.2) is 42.7 Å². The molecule has 0 saturated carbocycles. The summed E-state index contributed by atoms with van der Waals surface area (Å²) in [4.78, 5) is 19.5. The molecule has 2 rings (SSSR count). The van der Waals surface area contributed by atoms with Crippen molar-refractivity contribution in [1.29, 1.82) is 0 Å². The van der Waals surface area contributed by atoms with E-state index in [2.05, 4.69) is 20.6 Å². The maximum atomic E-state index is 11.4. The van der Waals surface area contributed by atoms with Crippen LogP contribution in [0, 0.1) is 0 Å². The lowest BCUT2D eigenvalue weighted by Gasteiger charge is -2.09. The third kappa shape index (κ3) is 3.75. The molecule has 0 saturated heterocycles. The first kappa shape index (κ1) is 13.0. The van der Waals surface area contributed by atoms with Crippen molar-refractivity contribution in [3.8, 4) is 0 Å². The summed E-state index contributed by atoms with van der Waals surface area (Å²) in [6.07, 6.45) is 3.32. The lowest BCUT2D eigenvalue weighted by atomic mass is 10.2. The van der Waals surface area contributed by atoms with Crippen LogP contribution in [0.5, 0.6) is 0 Å². The fourth-order valence-corrected chi connectivity index (χ4v) is 1.39. The second kappa shape index (κ2) is 5.92. The van der Waals surface area contributed by atoms with Crippen molar-refractivity contribution < 1.29 is 4.79 Å². The van der Waals surface area contributed by atoms with Crippen LogP contribution in [0.3, 0.4) is 0 Å². The Bertz CT molecular complexity index is 539. The molecule has 1 atom stereocenters. The zero-order valence-corrected chi connectivity index (χ0v) is 10.5. The standard InChI is InChI=1S/C13H15N5O/c1-9(14)12(19)17-10-3-5-11(6-4-10)18-13-15-7-2-8-16-13/h2-9H,14H2,1H3,(H,17,19)(H,15,16,18). The minimum absolute atomic E-state index is 0.216. The molecule has 4 N–H and O–H groups in total. The van der Waals surface area contributed by atoms with E-state index in [0.29, 0.717) is 11.6 Å². The molecule has 0 bridgehead atoms. The maximum absolute atomic E-state index is 11.4. The molecule has 0 aliphatic heterocycles. The molecule has 1 unspecified atom stereocenters. The lowest BCUT2D eigenvalue weighted by Crippen LogP contribution is -2.32. The second-order valence-electron chi connectivity index (χ2n) is 4.05. The Hall–Kier alpha value is -2.47. The van der Waals surface area contributed by atoms with Crippen molar-refractivity contribution >= 4 is 23.2 Å². The minimum atomic E-state index is -0.532. The van der Waals surface area contributed by atoms with Gasteiger partial charge in [-0.25, -0.2) is 9.97 Å². The quantitative estimate of drug-likeness (QED) is 0.772. The van der Waals surface area contributed by atoms with Gasteiger partial charge in [-0.3, -0.25) is 4.79 Å². The van der Waals surface area contributed by atoms with Crippen LogP contribution < -0.4 is 16.4 Å². The predicted octanol–water partition coefficient (Wildman–Crippen LogP) is 1.51. The number of nitrogens with two attached hydrogens (primary N) is 1. The Kier molecular flexibility index (Phi) is 4.04. The van der Waals surface area contributed by atoms with Crippen LogP contribution in [0.2, 0.25) is 0 Å². The van der Waals surface area contributed by atoms with Gasteiger partial charge in [-0.15, -0.1) is 0 Å². The average Bonchev–Trinajstić information content (AvgIpc) is 2.42. The monoisotopic (exact) mass is 257 g/mol. The second-order valence-corrected chi connectivity index (χ2v) is 4.05. The highest BCUT2D eigenvalue weighted by Crippen LogP contribution is 2.16. The van der Waals surface area contributed by atoms with Crippen molar-refractivity contribution in [3.63, 3.8) is 0 Å². The van der Waals surface area contributed by atoms with Gasteiger partial charge in [-0.1, -0.05) is 0 Å². The number of hydrogen-bond donors (Lipinski definition) is 3. The van der Waals surface area contributed by atoms with Crippen molar-refractivity contribution in [2.24, 2.45) is 5.73 Å². The average molecular weight is 257 g/mol. The Labute approximate surface area is 111 Å². The van der Waals surface area contributed by atoms with Gasteiger partial charge in [-0.2, -0.15) is 0 Å². The highest BCUT2D eigenvalue weighted by molar-refractivity contribution is 5.94. The largest absolute Gasteiger partial charge is 0.325 e. The van der Waals surface area contributed by atoms with Gasteiger partial charge in [0.15, 0.2) is 0 Å². The van der Waals surface area contributed by atoms with E-state index in [1.165, 1.54) is 0 Å². The molecule has 19 heavy (non-hydrogen) atoms. The van der Waals surface area contributed by atoms with E-state index in [4.69, 9.17) is 5.73 Å². The normalized spacial score (nSPS) is 11.7. The van der Waals surface area contributed by atoms with Crippen molar-refractivity contribution in [2.75, 3.05) is 10.6 Å². The van der Waals surface area contributed by atoms with Gasteiger partial charge in [-0.05, 0) is 37.3 Å². The van der Waals surface area contributed by atoms with Gasteiger partial charge < -0.3 is 16.4 Å². The van der Waals surface area contributed by atoms with Crippen LogP contribution >= 0.6 is 0 Å².